The molecule has 1 aromatic heterocycles. The van der Waals surface area contributed by atoms with Crippen LogP contribution in [0.5, 0.6) is 0 Å². The molecule has 1 heterocycles. The lowest BCUT2D eigenvalue weighted by Gasteiger charge is -1.90. The summed E-state index contributed by atoms with van der Waals surface area (Å²) in [4.78, 5) is 0. The Labute approximate surface area is 60.9 Å². The van der Waals surface area contributed by atoms with Gasteiger partial charge in [0, 0.05) is 5.69 Å². The zero-order chi connectivity index (χ0) is 6.85. The number of nitrogen functional groups attached to an aromatic ring is 1. The first kappa shape index (κ1) is 6.57. The number of hydrogen-bond acceptors (Lipinski definition) is 3. The third kappa shape index (κ3) is 1.06. The van der Waals surface area contributed by atoms with E-state index in [0.29, 0.717) is 5.82 Å². The van der Waals surface area contributed by atoms with Crippen molar-refractivity contribution in [2.75, 3.05) is 5.43 Å². The Hall–Kier alpha value is -0.550. The van der Waals surface area contributed by atoms with Crippen LogP contribution in [0.4, 0.5) is 5.82 Å². The Kier molecular flexibility index (Phi) is 1.73. The molecule has 0 atom stereocenters. The molecule has 0 saturated heterocycles. The summed E-state index contributed by atoms with van der Waals surface area (Å²) in [6.45, 7) is 1.90. The van der Waals surface area contributed by atoms with Crippen LogP contribution in [0.3, 0.4) is 0 Å². The molecule has 0 aliphatic rings. The molecule has 50 valence electrons. The van der Waals surface area contributed by atoms with Gasteiger partial charge in [-0.05, 0) is 22.9 Å². The van der Waals surface area contributed by atoms with Crippen molar-refractivity contribution in [2.45, 2.75) is 6.92 Å². The van der Waals surface area contributed by atoms with Gasteiger partial charge in [-0.2, -0.15) is 5.10 Å². The number of nitrogens with one attached hydrogen (secondary N) is 2. The minimum absolute atomic E-state index is 0.632. The molecular formula is C4H7BrN4. The molecule has 0 amide bonds. The molecule has 0 aliphatic heterocycles. The maximum Gasteiger partial charge on any atom is 0.176 e. The fourth-order valence-electron chi connectivity index (χ4n) is 0.511. The third-order valence-electron chi connectivity index (χ3n) is 1.01. The summed E-state index contributed by atoms with van der Waals surface area (Å²) in [5.74, 6) is 5.73. The van der Waals surface area contributed by atoms with E-state index in [2.05, 4.69) is 31.6 Å². The maximum absolute atomic E-state index is 5.10. The van der Waals surface area contributed by atoms with E-state index in [1.165, 1.54) is 0 Å². The summed E-state index contributed by atoms with van der Waals surface area (Å²) in [7, 11) is 0. The Morgan fingerprint density at radius 2 is 2.44 bits per heavy atom. The van der Waals surface area contributed by atoms with Crippen molar-refractivity contribution < 1.29 is 0 Å². The second kappa shape index (κ2) is 2.36. The molecule has 1 aromatic rings. The zero-order valence-electron chi connectivity index (χ0n) is 4.90. The van der Waals surface area contributed by atoms with Gasteiger partial charge in [0.05, 0.1) is 4.47 Å². The van der Waals surface area contributed by atoms with Crippen LogP contribution in [0.15, 0.2) is 4.47 Å². The van der Waals surface area contributed by atoms with E-state index in [1.807, 2.05) is 6.92 Å². The molecule has 0 aliphatic carbocycles. The van der Waals surface area contributed by atoms with Gasteiger partial charge in [0.25, 0.3) is 0 Å². The van der Waals surface area contributed by atoms with Crippen LogP contribution in [-0.2, 0) is 0 Å². The lowest BCUT2D eigenvalue weighted by Crippen LogP contribution is -2.07. The van der Waals surface area contributed by atoms with Gasteiger partial charge in [-0.25, -0.2) is 5.84 Å². The van der Waals surface area contributed by atoms with E-state index < -0.39 is 0 Å². The minimum atomic E-state index is 0.632. The van der Waals surface area contributed by atoms with Crippen molar-refractivity contribution in [3.63, 3.8) is 0 Å². The first-order valence-corrected chi connectivity index (χ1v) is 3.22. The second-order valence-electron chi connectivity index (χ2n) is 1.66. The fourth-order valence-corrected chi connectivity index (χ4v) is 0.803. The van der Waals surface area contributed by atoms with Gasteiger partial charge in [-0.15, -0.1) is 0 Å². The maximum atomic E-state index is 5.10. The lowest BCUT2D eigenvalue weighted by molar-refractivity contribution is 1.04. The van der Waals surface area contributed by atoms with E-state index in [1.54, 1.807) is 0 Å². The van der Waals surface area contributed by atoms with Crippen molar-refractivity contribution >= 4 is 21.7 Å². The van der Waals surface area contributed by atoms with Crippen molar-refractivity contribution in [3.05, 3.63) is 10.2 Å². The monoisotopic (exact) mass is 190 g/mol. The first-order chi connectivity index (χ1) is 4.25. The van der Waals surface area contributed by atoms with Gasteiger partial charge in [-0.3, -0.25) is 5.10 Å². The SMILES string of the molecule is Cc1[nH]nc(NN)c1Br. The number of hydrazine groups is 1. The molecule has 0 bridgehead atoms. The van der Waals surface area contributed by atoms with Crippen molar-refractivity contribution in [2.24, 2.45) is 5.84 Å². The van der Waals surface area contributed by atoms with Gasteiger partial charge < -0.3 is 5.43 Å². The zero-order valence-corrected chi connectivity index (χ0v) is 6.49. The highest BCUT2D eigenvalue weighted by Crippen LogP contribution is 2.20. The van der Waals surface area contributed by atoms with Gasteiger partial charge in [0.2, 0.25) is 0 Å². The Balaban J connectivity index is 3.04. The van der Waals surface area contributed by atoms with Crippen molar-refractivity contribution in [3.8, 4) is 0 Å². The van der Waals surface area contributed by atoms with Gasteiger partial charge in [0.15, 0.2) is 5.82 Å². The summed E-state index contributed by atoms with van der Waals surface area (Å²) < 4.78 is 0.880. The van der Waals surface area contributed by atoms with Crippen molar-refractivity contribution in [1.29, 1.82) is 0 Å². The number of H-pyrrole nitrogens is 1. The standard InChI is InChI=1S/C4H7BrN4/c1-2-3(5)4(7-6)9-8-2/h6H2,1H3,(H2,7,8,9). The Morgan fingerprint density at radius 1 is 1.78 bits per heavy atom. The summed E-state index contributed by atoms with van der Waals surface area (Å²) in [5.41, 5.74) is 3.39. The average molecular weight is 191 g/mol. The largest absolute Gasteiger partial charge is 0.306 e. The number of anilines is 1. The van der Waals surface area contributed by atoms with Gasteiger partial charge >= 0.3 is 0 Å². The normalized spacial score (nSPS) is 9.67. The number of aromatic amines is 1. The highest BCUT2D eigenvalue weighted by molar-refractivity contribution is 9.10. The quantitative estimate of drug-likeness (QED) is 0.453. The molecule has 0 unspecified atom stereocenters. The number of nitrogens with zero attached hydrogens (tertiary/aromatic N) is 1. The average Bonchev–Trinajstić information content (AvgIpc) is 2.15. The summed E-state index contributed by atoms with van der Waals surface area (Å²) in [6.07, 6.45) is 0. The predicted molar refractivity (Wildman–Crippen MR) is 38.8 cm³/mol. The minimum Gasteiger partial charge on any atom is -0.306 e. The molecule has 0 aromatic carbocycles. The van der Waals surface area contributed by atoms with Gasteiger partial charge in [-0.1, -0.05) is 0 Å². The number of aromatic nitrogens is 2. The van der Waals surface area contributed by atoms with E-state index in [9.17, 15) is 0 Å². The third-order valence-corrected chi connectivity index (χ3v) is 1.98. The smallest absolute Gasteiger partial charge is 0.176 e. The molecule has 1 rings (SSSR count). The summed E-state index contributed by atoms with van der Waals surface area (Å²) >= 11 is 3.27. The summed E-state index contributed by atoms with van der Waals surface area (Å²) in [5, 5.41) is 6.57. The molecule has 5 heteroatoms. The van der Waals surface area contributed by atoms with Crippen molar-refractivity contribution in [1.82, 2.24) is 10.2 Å². The molecule has 0 spiro atoms. The molecule has 0 saturated carbocycles. The Morgan fingerprint density at radius 3 is 2.67 bits per heavy atom. The van der Waals surface area contributed by atoms with Crippen LogP contribution in [0.25, 0.3) is 0 Å². The van der Waals surface area contributed by atoms with Crippen LogP contribution in [0.1, 0.15) is 5.69 Å². The number of hydrogen-bond donors (Lipinski definition) is 3. The van der Waals surface area contributed by atoms with Crippen LogP contribution in [-0.4, -0.2) is 10.2 Å². The predicted octanol–water partition coefficient (Wildman–Crippen LogP) is 0.766. The molecule has 0 fully saturated rings. The van der Waals surface area contributed by atoms with E-state index in [-0.39, 0.29) is 0 Å². The first-order valence-electron chi connectivity index (χ1n) is 2.42. The topological polar surface area (TPSA) is 66.7 Å². The fraction of sp³-hybridized carbons (Fsp3) is 0.250. The number of aryl methyl sites for hydroxylation is 1. The van der Waals surface area contributed by atoms with E-state index in [0.717, 1.165) is 10.2 Å². The molecular weight excluding hydrogens is 184 g/mol. The summed E-state index contributed by atoms with van der Waals surface area (Å²) in [6, 6.07) is 0. The number of rotatable bonds is 1. The van der Waals surface area contributed by atoms with E-state index in [4.69, 9.17) is 5.84 Å². The molecule has 9 heavy (non-hydrogen) atoms. The number of nitrogens with two attached hydrogens (primary N) is 1. The van der Waals surface area contributed by atoms with E-state index >= 15 is 0 Å². The molecule has 4 N–H and O–H groups in total. The molecule has 4 nitrogen and oxygen atoms in total. The van der Waals surface area contributed by atoms with Crippen LogP contribution < -0.4 is 11.3 Å². The van der Waals surface area contributed by atoms with Crippen LogP contribution in [0, 0.1) is 6.92 Å². The number of halogens is 1. The van der Waals surface area contributed by atoms with Gasteiger partial charge in [0.1, 0.15) is 0 Å². The highest BCUT2D eigenvalue weighted by Gasteiger charge is 2.02. The van der Waals surface area contributed by atoms with Crippen LogP contribution >= 0.6 is 15.9 Å². The highest BCUT2D eigenvalue weighted by atomic mass is 79.9. The second-order valence-corrected chi connectivity index (χ2v) is 2.45. The van der Waals surface area contributed by atoms with Crippen LogP contribution in [0.2, 0.25) is 0 Å². The lowest BCUT2D eigenvalue weighted by atomic mass is 10.5. The Bertz CT molecular complexity index is 206. The molecule has 0 radical (unpaired) electrons.